The van der Waals surface area contributed by atoms with Crippen molar-refractivity contribution in [1.29, 1.82) is 0 Å². The Morgan fingerprint density at radius 2 is 2.60 bits per heavy atom. The molecule has 1 saturated heterocycles. The molecule has 0 aliphatic carbocycles. The van der Waals surface area contributed by atoms with E-state index in [1.165, 1.54) is 0 Å². The van der Waals surface area contributed by atoms with Crippen LogP contribution in [0.2, 0.25) is 0 Å². The number of hydrogen-bond acceptors (Lipinski definition) is 4. The molecule has 62 valence electrons. The van der Waals surface area contributed by atoms with E-state index in [0.717, 1.165) is 6.61 Å². The molecule has 10 heavy (non-hydrogen) atoms. The molecule has 0 aromatic rings. The molecule has 0 bridgehead atoms. The van der Waals surface area contributed by atoms with Gasteiger partial charge in [-0.1, -0.05) is 0 Å². The zero-order valence-electron chi connectivity index (χ0n) is 6.26. The van der Waals surface area contributed by atoms with Crippen LogP contribution in [0.5, 0.6) is 0 Å². The molecule has 0 spiro atoms. The topological polar surface area (TPSA) is 30.5 Å². The van der Waals surface area contributed by atoms with Gasteiger partial charge in [-0.15, -0.1) is 0 Å². The third kappa shape index (κ3) is 2.07. The van der Waals surface area contributed by atoms with Gasteiger partial charge in [0.25, 0.3) is 0 Å². The van der Waals surface area contributed by atoms with Crippen LogP contribution < -0.4 is 5.09 Å². The predicted octanol–water partition coefficient (Wildman–Crippen LogP) is 1.37. The first kappa shape index (κ1) is 8.75. The van der Waals surface area contributed by atoms with Crippen molar-refractivity contribution in [2.24, 2.45) is 0 Å². The molecule has 0 saturated carbocycles. The average molecular weight is 183 g/mol. The van der Waals surface area contributed by atoms with Gasteiger partial charge >= 0.3 is 66.6 Å². The molecule has 1 atom stereocenters. The molecular weight excluding hydrogens is 169 g/mol. The molecule has 0 amide bonds. The van der Waals surface area contributed by atoms with Crippen LogP contribution in [0.25, 0.3) is 0 Å². The molecule has 1 heterocycles. The molecule has 5 heteroatoms. The Balaban J connectivity index is 2.38. The first-order valence-electron chi connectivity index (χ1n) is 3.44. The van der Waals surface area contributed by atoms with Crippen molar-refractivity contribution in [3.63, 3.8) is 0 Å². The SMILES string of the molecule is CCO[PH]1(S)N[C@@H](C)CO1. The third-order valence-electron chi connectivity index (χ3n) is 1.30. The van der Waals surface area contributed by atoms with Gasteiger partial charge in [0, 0.05) is 0 Å². The maximum absolute atomic E-state index is 5.36. The van der Waals surface area contributed by atoms with E-state index in [1.54, 1.807) is 0 Å². The van der Waals surface area contributed by atoms with Crippen LogP contribution in [0.15, 0.2) is 0 Å². The van der Waals surface area contributed by atoms with Crippen LogP contribution in [0.4, 0.5) is 0 Å². The van der Waals surface area contributed by atoms with Gasteiger partial charge in [-0.2, -0.15) is 0 Å². The zero-order valence-corrected chi connectivity index (χ0v) is 8.15. The summed E-state index contributed by atoms with van der Waals surface area (Å²) in [6.45, 7) is 5.38. The summed E-state index contributed by atoms with van der Waals surface area (Å²) in [5, 5.41) is 3.19. The van der Waals surface area contributed by atoms with Crippen LogP contribution in [-0.2, 0) is 9.05 Å². The van der Waals surface area contributed by atoms with Crippen LogP contribution in [0.3, 0.4) is 0 Å². The molecule has 1 aliphatic heterocycles. The number of rotatable bonds is 2. The normalized spacial score (nSPS) is 34.1. The second-order valence-electron chi connectivity index (χ2n) is 2.37. The van der Waals surface area contributed by atoms with Gasteiger partial charge < -0.3 is 0 Å². The van der Waals surface area contributed by atoms with Gasteiger partial charge in [0.1, 0.15) is 0 Å². The van der Waals surface area contributed by atoms with Gasteiger partial charge in [0.15, 0.2) is 0 Å². The molecule has 3 nitrogen and oxygen atoms in total. The summed E-state index contributed by atoms with van der Waals surface area (Å²) in [5.41, 5.74) is 0. The van der Waals surface area contributed by atoms with Crippen LogP contribution in [0.1, 0.15) is 13.8 Å². The quantitative estimate of drug-likeness (QED) is 0.500. The van der Waals surface area contributed by atoms with Crippen molar-refractivity contribution >= 4 is 19.3 Å². The summed E-state index contributed by atoms with van der Waals surface area (Å²) in [6.07, 6.45) is 0. The molecule has 1 N–H and O–H groups in total. The number of thiol groups is 1. The van der Waals surface area contributed by atoms with E-state index in [4.69, 9.17) is 9.05 Å². The molecular formula is C5H14NO2PS. The molecule has 1 rings (SSSR count). The van der Waals surface area contributed by atoms with E-state index in [0.29, 0.717) is 12.6 Å². The van der Waals surface area contributed by atoms with E-state index in [-0.39, 0.29) is 0 Å². The van der Waals surface area contributed by atoms with Crippen LogP contribution in [0, 0.1) is 0 Å². The molecule has 0 radical (unpaired) electrons. The van der Waals surface area contributed by atoms with Gasteiger partial charge in [-0.3, -0.25) is 0 Å². The standard InChI is InChI=1S/C5H14NO2PS/c1-3-7-9(10)6-5(2)4-8-9/h5-6,9-10H,3-4H2,1-2H3/t5-/m0/s1. The summed E-state index contributed by atoms with van der Waals surface area (Å²) in [6, 6.07) is 0.385. The second kappa shape index (κ2) is 3.37. The van der Waals surface area contributed by atoms with E-state index in [2.05, 4.69) is 24.3 Å². The van der Waals surface area contributed by atoms with E-state index < -0.39 is 7.07 Å². The summed E-state index contributed by atoms with van der Waals surface area (Å²) in [5.74, 6) is 0. The second-order valence-corrected chi connectivity index (χ2v) is 6.17. The minimum absolute atomic E-state index is 0.385. The fourth-order valence-corrected chi connectivity index (χ4v) is 4.01. The Kier molecular flexibility index (Phi) is 2.95. The summed E-state index contributed by atoms with van der Waals surface area (Å²) in [7, 11) is -2.20. The first-order chi connectivity index (χ1) is 4.66. The number of nitrogens with one attached hydrogen (secondary N) is 1. The van der Waals surface area contributed by atoms with E-state index >= 15 is 0 Å². The zero-order chi connectivity index (χ0) is 7.61. The first-order valence-corrected chi connectivity index (χ1v) is 6.55. The Morgan fingerprint density at radius 3 is 3.00 bits per heavy atom. The van der Waals surface area contributed by atoms with Gasteiger partial charge in [0.2, 0.25) is 0 Å². The van der Waals surface area contributed by atoms with Crippen molar-refractivity contribution in [1.82, 2.24) is 5.09 Å². The fourth-order valence-electron chi connectivity index (χ4n) is 0.912. The molecule has 1 aliphatic rings. The Labute approximate surface area is 67.2 Å². The molecule has 1 fully saturated rings. The van der Waals surface area contributed by atoms with E-state index in [1.807, 2.05) is 6.92 Å². The van der Waals surface area contributed by atoms with Crippen molar-refractivity contribution < 1.29 is 9.05 Å². The van der Waals surface area contributed by atoms with Crippen molar-refractivity contribution in [3.05, 3.63) is 0 Å². The summed E-state index contributed by atoms with van der Waals surface area (Å²) < 4.78 is 10.7. The fraction of sp³-hybridized carbons (Fsp3) is 1.00. The monoisotopic (exact) mass is 183 g/mol. The van der Waals surface area contributed by atoms with Crippen LogP contribution >= 0.6 is 19.3 Å². The Bertz CT molecular complexity index is 122. The Hall–Kier alpha value is 0.660. The minimum atomic E-state index is -2.20. The summed E-state index contributed by atoms with van der Waals surface area (Å²) in [4.78, 5) is 0. The van der Waals surface area contributed by atoms with Crippen molar-refractivity contribution in [2.45, 2.75) is 19.9 Å². The van der Waals surface area contributed by atoms with Crippen molar-refractivity contribution in [3.8, 4) is 0 Å². The average Bonchev–Trinajstić information content (AvgIpc) is 2.12. The molecule has 0 unspecified atom stereocenters. The van der Waals surface area contributed by atoms with Gasteiger partial charge in [-0.25, -0.2) is 0 Å². The Morgan fingerprint density at radius 1 is 1.90 bits per heavy atom. The van der Waals surface area contributed by atoms with E-state index in [9.17, 15) is 0 Å². The predicted molar refractivity (Wildman–Crippen MR) is 47.5 cm³/mol. The van der Waals surface area contributed by atoms with Gasteiger partial charge in [-0.05, 0) is 0 Å². The maximum atomic E-state index is 5.36. The van der Waals surface area contributed by atoms with Gasteiger partial charge in [0.05, 0.1) is 0 Å². The summed E-state index contributed by atoms with van der Waals surface area (Å²) >= 11 is 4.30. The van der Waals surface area contributed by atoms with Crippen molar-refractivity contribution in [2.75, 3.05) is 13.2 Å². The van der Waals surface area contributed by atoms with Crippen LogP contribution in [-0.4, -0.2) is 19.3 Å². The number of hydrogen-bond donors (Lipinski definition) is 2. The molecule has 0 aromatic carbocycles. The third-order valence-corrected chi connectivity index (χ3v) is 4.56. The molecule has 0 aromatic heterocycles.